The highest BCUT2D eigenvalue weighted by atomic mass is 32.1. The highest BCUT2D eigenvalue weighted by Gasteiger charge is 2.36. The lowest BCUT2D eigenvalue weighted by Crippen LogP contribution is -2.50. The normalized spacial score (nSPS) is 16.4. The van der Waals surface area contributed by atoms with Crippen LogP contribution in [0.4, 0.5) is 21.9 Å². The van der Waals surface area contributed by atoms with Crippen molar-refractivity contribution in [3.05, 3.63) is 71.2 Å². The number of nitrogens with two attached hydrogens (primary N) is 1. The van der Waals surface area contributed by atoms with Gasteiger partial charge in [-0.2, -0.15) is 0 Å². The molecule has 3 N–H and O–H groups in total. The van der Waals surface area contributed by atoms with Crippen LogP contribution >= 0.6 is 11.3 Å². The Kier molecular flexibility index (Phi) is 7.53. The summed E-state index contributed by atoms with van der Waals surface area (Å²) in [5.74, 6) is 1.20. The zero-order valence-corrected chi connectivity index (χ0v) is 24.3. The monoisotopic (exact) mass is 584 g/mol. The first-order chi connectivity index (χ1) is 20.4. The number of aromatic nitrogens is 1. The number of amides is 4. The number of nitrogens with one attached hydrogen (secondary N) is 1. The van der Waals surface area contributed by atoms with Crippen LogP contribution in [0.1, 0.15) is 34.5 Å². The first-order valence-corrected chi connectivity index (χ1v) is 14.8. The predicted octanol–water partition coefficient (Wildman–Crippen LogP) is 5.49. The van der Waals surface area contributed by atoms with Crippen molar-refractivity contribution in [3.63, 3.8) is 0 Å². The summed E-state index contributed by atoms with van der Waals surface area (Å²) in [5, 5.41) is 3.71. The number of aryl methyl sites for hydroxylation is 1. The minimum absolute atomic E-state index is 0.0103. The van der Waals surface area contributed by atoms with Gasteiger partial charge < -0.3 is 25.6 Å². The molecule has 2 aliphatic heterocycles. The van der Waals surface area contributed by atoms with Crippen molar-refractivity contribution in [1.82, 2.24) is 14.8 Å². The second-order valence-corrected chi connectivity index (χ2v) is 11.5. The van der Waals surface area contributed by atoms with Crippen molar-refractivity contribution in [1.29, 1.82) is 0 Å². The van der Waals surface area contributed by atoms with E-state index < -0.39 is 0 Å². The van der Waals surface area contributed by atoms with Crippen LogP contribution in [0.5, 0.6) is 11.5 Å². The van der Waals surface area contributed by atoms with Gasteiger partial charge in [0.2, 0.25) is 5.91 Å². The number of hydrogen-bond acceptors (Lipinski definition) is 7. The van der Waals surface area contributed by atoms with Crippen molar-refractivity contribution in [2.45, 2.75) is 32.2 Å². The largest absolute Gasteiger partial charge is 0.457 e. The first-order valence-electron chi connectivity index (χ1n) is 14.0. The zero-order valence-electron chi connectivity index (χ0n) is 23.5. The summed E-state index contributed by atoms with van der Waals surface area (Å²) in [4.78, 5) is 50.7. The van der Waals surface area contributed by atoms with Crippen molar-refractivity contribution in [2.24, 2.45) is 5.73 Å². The van der Waals surface area contributed by atoms with Crippen LogP contribution in [-0.4, -0.2) is 65.4 Å². The minimum atomic E-state index is -0.360. The number of pyridine rings is 1. The Bertz CT molecular complexity index is 1670. The number of likely N-dealkylation sites (tertiary alicyclic amines) is 1. The van der Waals surface area contributed by atoms with Gasteiger partial charge in [0.05, 0.1) is 22.4 Å². The molecule has 1 fully saturated rings. The van der Waals surface area contributed by atoms with Crippen LogP contribution in [0.2, 0.25) is 0 Å². The van der Waals surface area contributed by atoms with Gasteiger partial charge in [-0.15, -0.1) is 11.3 Å². The van der Waals surface area contributed by atoms with E-state index >= 15 is 0 Å². The number of para-hydroxylation sites is 1. The summed E-state index contributed by atoms with van der Waals surface area (Å²) in [6.45, 7) is 3.37. The molecule has 0 aliphatic carbocycles. The molecule has 2 aromatic heterocycles. The highest BCUT2D eigenvalue weighted by molar-refractivity contribution is 7.21. The van der Waals surface area contributed by atoms with Crippen LogP contribution < -0.4 is 20.7 Å². The Morgan fingerprint density at radius 3 is 2.71 bits per heavy atom. The van der Waals surface area contributed by atoms with Gasteiger partial charge in [-0.25, -0.2) is 9.78 Å². The van der Waals surface area contributed by atoms with Crippen LogP contribution in [0, 0.1) is 6.92 Å². The fourth-order valence-electron chi connectivity index (χ4n) is 5.65. The van der Waals surface area contributed by atoms with E-state index in [0.717, 1.165) is 29.5 Å². The smallest absolute Gasteiger partial charge is 0.331 e. The van der Waals surface area contributed by atoms with Gasteiger partial charge in [0.1, 0.15) is 21.2 Å². The molecule has 1 saturated heterocycles. The van der Waals surface area contributed by atoms with E-state index in [1.54, 1.807) is 34.0 Å². The minimum Gasteiger partial charge on any atom is -0.457 e. The zero-order chi connectivity index (χ0) is 29.4. The molecule has 0 saturated carbocycles. The fourth-order valence-corrected chi connectivity index (χ4v) is 6.75. The lowest BCUT2D eigenvalue weighted by Gasteiger charge is -2.37. The molecule has 1 unspecified atom stereocenters. The van der Waals surface area contributed by atoms with Gasteiger partial charge in [0.15, 0.2) is 0 Å². The van der Waals surface area contributed by atoms with Gasteiger partial charge in [0, 0.05) is 45.3 Å². The molecule has 2 aliphatic rings. The number of nitrogens with zero attached hydrogens (tertiary/aromatic N) is 4. The van der Waals surface area contributed by atoms with E-state index in [-0.39, 0.29) is 23.9 Å². The molecule has 4 aromatic rings. The standard InChI is InChI=1S/C31H32N6O4S/c1-19-17-22(41-21-8-4-3-5-9-21)10-11-23(19)37-24-13-15-33-29-26(24)27(34-31(37)40)28(42-29)30(39)35(2)20-7-6-16-36(18-20)25(38)12-14-32/h3-5,8-11,13,15,17,20H,6-7,12,14,16,18,32H2,1-2H3,(H,34,40). The number of ether oxygens (including phenoxy) is 1. The maximum Gasteiger partial charge on any atom is 0.331 e. The van der Waals surface area contributed by atoms with E-state index in [1.807, 2.05) is 55.5 Å². The number of carbonyl (C=O) groups is 3. The van der Waals surface area contributed by atoms with Crippen LogP contribution in [0.3, 0.4) is 0 Å². The Labute approximate surface area is 247 Å². The number of benzene rings is 2. The second-order valence-electron chi connectivity index (χ2n) is 10.5. The number of piperidine rings is 1. The Hall–Kier alpha value is -4.48. The average Bonchev–Trinajstić information content (AvgIpc) is 3.37. The maximum absolute atomic E-state index is 13.8. The number of urea groups is 1. The van der Waals surface area contributed by atoms with E-state index in [9.17, 15) is 14.4 Å². The van der Waals surface area contributed by atoms with Crippen molar-refractivity contribution in [3.8, 4) is 11.5 Å². The average molecular weight is 585 g/mol. The summed E-state index contributed by atoms with van der Waals surface area (Å²) in [5.41, 5.74) is 8.27. The third kappa shape index (κ3) is 5.05. The number of rotatable bonds is 7. The molecule has 2 aromatic carbocycles. The van der Waals surface area contributed by atoms with Crippen LogP contribution in [0.25, 0.3) is 10.2 Å². The number of anilines is 3. The lowest BCUT2D eigenvalue weighted by atomic mass is 10.0. The van der Waals surface area contributed by atoms with Gasteiger partial charge in [-0.3, -0.25) is 14.5 Å². The molecule has 0 spiro atoms. The van der Waals surface area contributed by atoms with Gasteiger partial charge in [-0.05, 0) is 61.7 Å². The molecular formula is C31H32N6O4S. The van der Waals surface area contributed by atoms with Crippen LogP contribution in [-0.2, 0) is 4.79 Å². The Balaban J connectivity index is 1.30. The van der Waals surface area contributed by atoms with E-state index in [4.69, 9.17) is 10.5 Å². The summed E-state index contributed by atoms with van der Waals surface area (Å²) in [6, 6.07) is 16.4. The SMILES string of the molecule is Cc1cc(Oc2ccccc2)ccc1N1C(=O)Nc2c(C(=O)N(C)C3CCCN(C(=O)CCN)C3)sc3nccc1c23. The molecule has 11 heteroatoms. The summed E-state index contributed by atoms with van der Waals surface area (Å²) < 4.78 is 5.98. The number of likely N-dealkylation sites (N-methyl/N-ethyl adjacent to an activating group) is 1. The van der Waals surface area contributed by atoms with E-state index in [0.29, 0.717) is 58.6 Å². The van der Waals surface area contributed by atoms with Gasteiger partial charge in [-0.1, -0.05) is 18.2 Å². The van der Waals surface area contributed by atoms with Crippen molar-refractivity contribution in [2.75, 3.05) is 36.9 Å². The Morgan fingerprint density at radius 2 is 1.95 bits per heavy atom. The third-order valence-electron chi connectivity index (χ3n) is 7.80. The first kappa shape index (κ1) is 27.7. The quantitative estimate of drug-likeness (QED) is 0.296. The number of hydrogen-bond donors (Lipinski definition) is 2. The molecule has 0 bridgehead atoms. The number of carbonyl (C=O) groups excluding carboxylic acids is 3. The fraction of sp³-hybridized carbons (Fsp3) is 0.290. The third-order valence-corrected chi connectivity index (χ3v) is 8.89. The lowest BCUT2D eigenvalue weighted by molar-refractivity contribution is -0.132. The summed E-state index contributed by atoms with van der Waals surface area (Å²) in [6.07, 6.45) is 3.56. The molecule has 0 radical (unpaired) electrons. The predicted molar refractivity (Wildman–Crippen MR) is 164 cm³/mol. The second kappa shape index (κ2) is 11.4. The van der Waals surface area contributed by atoms with E-state index in [2.05, 4.69) is 10.3 Å². The maximum atomic E-state index is 13.8. The topological polar surface area (TPSA) is 121 Å². The molecule has 6 rings (SSSR count). The summed E-state index contributed by atoms with van der Waals surface area (Å²) in [7, 11) is 1.76. The van der Waals surface area contributed by atoms with Crippen molar-refractivity contribution < 1.29 is 19.1 Å². The molecule has 10 nitrogen and oxygen atoms in total. The van der Waals surface area contributed by atoms with Gasteiger partial charge in [0.25, 0.3) is 5.91 Å². The molecule has 42 heavy (non-hydrogen) atoms. The molecule has 4 amide bonds. The van der Waals surface area contributed by atoms with Crippen LogP contribution in [0.15, 0.2) is 60.8 Å². The summed E-state index contributed by atoms with van der Waals surface area (Å²) >= 11 is 1.26. The molecule has 216 valence electrons. The molecular weight excluding hydrogens is 552 g/mol. The highest BCUT2D eigenvalue weighted by Crippen LogP contribution is 2.47. The molecule has 1 atom stereocenters. The van der Waals surface area contributed by atoms with E-state index in [1.165, 1.54) is 11.3 Å². The number of thiophene rings is 1. The molecule has 4 heterocycles. The van der Waals surface area contributed by atoms with Gasteiger partial charge >= 0.3 is 6.03 Å². The van der Waals surface area contributed by atoms with Crippen molar-refractivity contribution >= 4 is 56.5 Å². The Morgan fingerprint density at radius 1 is 1.14 bits per heavy atom.